The highest BCUT2D eigenvalue weighted by atomic mass is 35.5. The van der Waals surface area contributed by atoms with Crippen molar-refractivity contribution in [2.45, 2.75) is 11.4 Å². The molecular formula is C19H16ClF4N3O2S. The van der Waals surface area contributed by atoms with Gasteiger partial charge < -0.3 is 9.47 Å². The van der Waals surface area contributed by atoms with Crippen molar-refractivity contribution in [2.24, 2.45) is 0 Å². The highest BCUT2D eigenvalue weighted by Gasteiger charge is 2.43. The lowest BCUT2D eigenvalue weighted by Gasteiger charge is -2.27. The zero-order valence-electron chi connectivity index (χ0n) is 15.7. The molecule has 2 aromatic carbocycles. The van der Waals surface area contributed by atoms with Gasteiger partial charge in [-0.25, -0.2) is 4.39 Å². The minimum Gasteiger partial charge on any atom is -0.493 e. The number of methoxy groups -OCH3 is 2. The molecule has 0 bridgehead atoms. The molecule has 1 aliphatic rings. The van der Waals surface area contributed by atoms with Gasteiger partial charge in [0.25, 0.3) is 0 Å². The van der Waals surface area contributed by atoms with Crippen LogP contribution in [0.5, 0.6) is 11.5 Å². The van der Waals surface area contributed by atoms with E-state index >= 15 is 0 Å². The number of ether oxygens (including phenoxy) is 2. The summed E-state index contributed by atoms with van der Waals surface area (Å²) in [5.74, 6) is -2.70. The fraction of sp³-hybridized carbons (Fsp3) is 0.263. The van der Waals surface area contributed by atoms with Crippen molar-refractivity contribution < 1.29 is 27.0 Å². The number of nitrogens with zero attached hydrogens (tertiary/aromatic N) is 1. The Bertz CT molecular complexity index is 1020. The zero-order chi connectivity index (χ0) is 22.2. The summed E-state index contributed by atoms with van der Waals surface area (Å²) in [6.07, 6.45) is -4.98. The van der Waals surface area contributed by atoms with Crippen molar-refractivity contribution in [1.82, 2.24) is 0 Å². The Morgan fingerprint density at radius 3 is 2.50 bits per heavy atom. The summed E-state index contributed by atoms with van der Waals surface area (Å²) < 4.78 is 65.5. The summed E-state index contributed by atoms with van der Waals surface area (Å²) >= 11 is 7.13. The molecule has 0 aromatic heterocycles. The summed E-state index contributed by atoms with van der Waals surface area (Å²) in [4.78, 5) is 0.503. The first-order valence-corrected chi connectivity index (χ1v) is 9.87. The number of hydrogen-bond donors (Lipinski definition) is 2. The predicted octanol–water partition coefficient (Wildman–Crippen LogP) is 5.66. The summed E-state index contributed by atoms with van der Waals surface area (Å²) in [6, 6.07) is 6.60. The highest BCUT2D eigenvalue weighted by molar-refractivity contribution is 8.00. The molecule has 1 aliphatic heterocycles. The summed E-state index contributed by atoms with van der Waals surface area (Å²) in [5, 5.41) is 15.1. The molecule has 1 heterocycles. The molecule has 1 atom stereocenters. The van der Waals surface area contributed by atoms with Gasteiger partial charge in [-0.2, -0.15) is 13.2 Å². The van der Waals surface area contributed by atoms with Crippen LogP contribution in [0.3, 0.4) is 0 Å². The highest BCUT2D eigenvalue weighted by Crippen LogP contribution is 2.50. The minimum absolute atomic E-state index is 0.0542. The van der Waals surface area contributed by atoms with E-state index in [0.717, 1.165) is 11.8 Å². The Morgan fingerprint density at radius 1 is 1.20 bits per heavy atom. The minimum atomic E-state index is -4.98. The van der Waals surface area contributed by atoms with Crippen molar-refractivity contribution in [3.63, 3.8) is 0 Å². The topological polar surface area (TPSA) is 69.4 Å². The molecule has 11 heteroatoms. The SMILES string of the molecule is COc1ccc(F)c(C2SCC(=N)N(C(=N)C(F)(F)F)c3ccc(Cl)cc32)c1OC. The molecule has 0 spiro atoms. The predicted molar refractivity (Wildman–Crippen MR) is 109 cm³/mol. The van der Waals surface area contributed by atoms with Gasteiger partial charge in [-0.05, 0) is 35.9 Å². The molecule has 0 saturated heterocycles. The van der Waals surface area contributed by atoms with E-state index in [1.54, 1.807) is 0 Å². The lowest BCUT2D eigenvalue weighted by atomic mass is 9.99. The molecule has 2 aromatic rings. The van der Waals surface area contributed by atoms with Crippen LogP contribution in [-0.4, -0.2) is 37.8 Å². The summed E-state index contributed by atoms with van der Waals surface area (Å²) in [7, 11) is 2.71. The fourth-order valence-corrected chi connectivity index (χ4v) is 4.58. The fourth-order valence-electron chi connectivity index (χ4n) is 3.19. The van der Waals surface area contributed by atoms with E-state index in [-0.39, 0.29) is 39.1 Å². The van der Waals surface area contributed by atoms with Crippen LogP contribution >= 0.6 is 23.4 Å². The first kappa shape index (κ1) is 22.2. The second-order valence-electron chi connectivity index (χ2n) is 6.22. The van der Waals surface area contributed by atoms with Crippen LogP contribution in [0, 0.1) is 16.6 Å². The number of amidine groups is 2. The van der Waals surface area contributed by atoms with Gasteiger partial charge in [-0.1, -0.05) is 11.6 Å². The lowest BCUT2D eigenvalue weighted by Crippen LogP contribution is -2.45. The number of alkyl halides is 3. The van der Waals surface area contributed by atoms with E-state index in [1.807, 2.05) is 0 Å². The van der Waals surface area contributed by atoms with Crippen molar-refractivity contribution in [2.75, 3.05) is 24.9 Å². The van der Waals surface area contributed by atoms with E-state index < -0.39 is 28.9 Å². The van der Waals surface area contributed by atoms with Gasteiger partial charge in [0.15, 0.2) is 11.5 Å². The Balaban J connectivity index is 2.28. The van der Waals surface area contributed by atoms with Crippen LogP contribution < -0.4 is 14.4 Å². The molecule has 5 nitrogen and oxygen atoms in total. The summed E-state index contributed by atoms with van der Waals surface area (Å²) in [6.45, 7) is 0. The number of nitrogens with one attached hydrogen (secondary N) is 2. The van der Waals surface area contributed by atoms with Crippen molar-refractivity contribution in [3.8, 4) is 11.5 Å². The van der Waals surface area contributed by atoms with Crippen LogP contribution in [0.25, 0.3) is 0 Å². The molecule has 0 amide bonds. The Kier molecular flexibility index (Phi) is 6.19. The van der Waals surface area contributed by atoms with E-state index in [1.165, 1.54) is 44.6 Å². The molecule has 0 fully saturated rings. The molecule has 3 rings (SSSR count). The Labute approximate surface area is 178 Å². The van der Waals surface area contributed by atoms with Gasteiger partial charge in [-0.3, -0.25) is 15.7 Å². The van der Waals surface area contributed by atoms with Crippen LogP contribution in [0.4, 0.5) is 23.2 Å². The zero-order valence-corrected chi connectivity index (χ0v) is 17.3. The van der Waals surface area contributed by atoms with E-state index in [2.05, 4.69) is 0 Å². The molecular weight excluding hydrogens is 446 g/mol. The molecule has 30 heavy (non-hydrogen) atoms. The molecule has 0 aliphatic carbocycles. The van der Waals surface area contributed by atoms with Crippen LogP contribution in [0.2, 0.25) is 5.02 Å². The second-order valence-corrected chi connectivity index (χ2v) is 7.75. The monoisotopic (exact) mass is 461 g/mol. The van der Waals surface area contributed by atoms with Crippen molar-refractivity contribution >= 4 is 40.7 Å². The molecule has 0 saturated carbocycles. The number of rotatable bonds is 3. The number of fused-ring (bicyclic) bond motifs is 1. The second kappa shape index (κ2) is 8.35. The molecule has 0 radical (unpaired) electrons. The number of anilines is 1. The maximum Gasteiger partial charge on any atom is 0.449 e. The summed E-state index contributed by atoms with van der Waals surface area (Å²) in [5.41, 5.74) is 0.193. The van der Waals surface area contributed by atoms with Gasteiger partial charge in [0.05, 0.1) is 36.5 Å². The lowest BCUT2D eigenvalue weighted by molar-refractivity contribution is -0.0604. The molecule has 1 unspecified atom stereocenters. The molecule has 2 N–H and O–H groups in total. The Hall–Kier alpha value is -2.46. The Morgan fingerprint density at radius 2 is 1.90 bits per heavy atom. The van der Waals surface area contributed by atoms with Gasteiger partial charge >= 0.3 is 6.18 Å². The number of thioether (sulfide) groups is 1. The van der Waals surface area contributed by atoms with Crippen LogP contribution in [0.1, 0.15) is 16.4 Å². The van der Waals surface area contributed by atoms with Crippen LogP contribution in [0.15, 0.2) is 30.3 Å². The number of hydrogen-bond acceptors (Lipinski definition) is 5. The number of halogens is 5. The van der Waals surface area contributed by atoms with E-state index in [4.69, 9.17) is 31.9 Å². The molecule has 160 valence electrons. The quantitative estimate of drug-likeness (QED) is 0.352. The first-order valence-electron chi connectivity index (χ1n) is 8.44. The third kappa shape index (κ3) is 3.93. The van der Waals surface area contributed by atoms with Gasteiger partial charge in [0.2, 0.25) is 5.84 Å². The van der Waals surface area contributed by atoms with Gasteiger partial charge in [0, 0.05) is 5.02 Å². The van der Waals surface area contributed by atoms with Crippen molar-refractivity contribution in [3.05, 3.63) is 52.3 Å². The van der Waals surface area contributed by atoms with Gasteiger partial charge in [-0.15, -0.1) is 11.8 Å². The van der Waals surface area contributed by atoms with Crippen LogP contribution in [-0.2, 0) is 0 Å². The van der Waals surface area contributed by atoms with Gasteiger partial charge in [0.1, 0.15) is 11.7 Å². The maximum absolute atomic E-state index is 14.9. The van der Waals surface area contributed by atoms with E-state index in [9.17, 15) is 17.6 Å². The standard InChI is InChI=1S/C19H16ClF4N3O2S/c1-28-13-6-4-11(21)15(16(13)29-2)17-10-7-9(20)3-5-12(10)27(14(25)8-30-17)18(26)19(22,23)24/h3-7,17,25-26H,8H2,1-2H3. The number of benzene rings is 2. The normalized spacial score (nSPS) is 16.7. The average Bonchev–Trinajstić information content (AvgIpc) is 2.82. The third-order valence-electron chi connectivity index (χ3n) is 4.45. The average molecular weight is 462 g/mol. The maximum atomic E-state index is 14.9. The first-order chi connectivity index (χ1) is 14.1. The largest absolute Gasteiger partial charge is 0.493 e. The van der Waals surface area contributed by atoms with E-state index in [0.29, 0.717) is 4.90 Å². The van der Waals surface area contributed by atoms with Crippen molar-refractivity contribution in [1.29, 1.82) is 10.8 Å². The third-order valence-corrected chi connectivity index (χ3v) is 5.95. The smallest absolute Gasteiger partial charge is 0.449 e.